The van der Waals surface area contributed by atoms with Crippen molar-refractivity contribution in [3.8, 4) is 0 Å². The van der Waals surface area contributed by atoms with Gasteiger partial charge in [0.25, 0.3) is 10.1 Å². The average molecular weight is 423 g/mol. The molecule has 0 saturated carbocycles. The maximum atomic E-state index is 14.6. The molecule has 12 heteroatoms. The number of hydrogen-bond donors (Lipinski definition) is 1. The minimum atomic E-state index is -3.70. The van der Waals surface area contributed by atoms with Crippen LogP contribution in [0.2, 0.25) is 0 Å². The highest BCUT2D eigenvalue weighted by atomic mass is 32.2. The molecule has 2 saturated heterocycles. The van der Waals surface area contributed by atoms with Gasteiger partial charge >= 0.3 is 6.09 Å². The molecule has 0 aromatic heterocycles. The highest BCUT2D eigenvalue weighted by Gasteiger charge is 2.34. The van der Waals surface area contributed by atoms with E-state index < -0.39 is 33.9 Å². The number of halogens is 2. The van der Waals surface area contributed by atoms with Gasteiger partial charge in [-0.15, -0.1) is 0 Å². The summed E-state index contributed by atoms with van der Waals surface area (Å²) in [5.74, 6) is -1.65. The van der Waals surface area contributed by atoms with Gasteiger partial charge in [-0.3, -0.25) is 13.9 Å². The van der Waals surface area contributed by atoms with Gasteiger partial charge < -0.3 is 9.64 Å². The minimum absolute atomic E-state index is 0. The second-order valence-corrected chi connectivity index (χ2v) is 7.74. The summed E-state index contributed by atoms with van der Waals surface area (Å²) < 4.78 is 60.8. The second kappa shape index (κ2) is 8.99. The first kappa shape index (κ1) is 22.3. The molecule has 0 unspecified atom stereocenters. The molecule has 3 rings (SSSR count). The third kappa shape index (κ3) is 5.28. The third-order valence-corrected chi connectivity index (χ3v) is 4.58. The van der Waals surface area contributed by atoms with Gasteiger partial charge in [-0.05, 0) is 0 Å². The van der Waals surface area contributed by atoms with Crippen LogP contribution < -0.4 is 15.3 Å². The summed E-state index contributed by atoms with van der Waals surface area (Å²) in [4.78, 5) is 19.6. The molecule has 0 spiro atoms. The van der Waals surface area contributed by atoms with E-state index in [0.29, 0.717) is 19.6 Å². The normalized spacial score (nSPS) is 20.5. The van der Waals surface area contributed by atoms with Gasteiger partial charge in [0.1, 0.15) is 18.4 Å². The third-order valence-electron chi connectivity index (χ3n) is 4.02. The van der Waals surface area contributed by atoms with Crippen LogP contribution in [0.5, 0.6) is 0 Å². The lowest BCUT2D eigenvalue weighted by atomic mass is 10.2. The largest absolute Gasteiger partial charge is 0.441 e. The molecule has 2 aliphatic rings. The van der Waals surface area contributed by atoms with Gasteiger partial charge in [-0.1, -0.05) is 7.43 Å². The Labute approximate surface area is 162 Å². The lowest BCUT2D eigenvalue weighted by Gasteiger charge is -2.24. The number of carbonyl (C=O) groups excluding carboxylic acids is 1. The van der Waals surface area contributed by atoms with Crippen LogP contribution in [-0.4, -0.2) is 66.3 Å². The van der Waals surface area contributed by atoms with Crippen molar-refractivity contribution in [2.45, 2.75) is 13.5 Å². The quantitative estimate of drug-likeness (QED) is 0.707. The van der Waals surface area contributed by atoms with E-state index in [9.17, 15) is 22.0 Å². The van der Waals surface area contributed by atoms with E-state index in [1.54, 1.807) is 0 Å². The van der Waals surface area contributed by atoms with Crippen LogP contribution in [0.4, 0.5) is 25.0 Å². The van der Waals surface area contributed by atoms with E-state index in [1.807, 2.05) is 0 Å². The maximum absolute atomic E-state index is 14.6. The number of rotatable bonds is 5. The average Bonchev–Trinajstić information content (AvgIpc) is 2.77. The monoisotopic (exact) mass is 423 g/mol. The number of carbonyl (C=O) groups is 1. The van der Waals surface area contributed by atoms with Crippen LogP contribution in [0.3, 0.4) is 0 Å². The number of nitrogens with one attached hydrogen (secondary N) is 1. The van der Waals surface area contributed by atoms with E-state index in [0.717, 1.165) is 23.3 Å². The van der Waals surface area contributed by atoms with Crippen molar-refractivity contribution in [2.24, 2.45) is 0 Å². The fourth-order valence-corrected chi connectivity index (χ4v) is 3.24. The molecule has 28 heavy (non-hydrogen) atoms. The van der Waals surface area contributed by atoms with E-state index in [2.05, 4.69) is 9.66 Å². The number of anilines is 2. The Kier molecular flexibility index (Phi) is 7.15. The Morgan fingerprint density at radius 1 is 1.29 bits per heavy atom. The van der Waals surface area contributed by atoms with Crippen LogP contribution >= 0.6 is 0 Å². The molecule has 0 radical (unpaired) electrons. The van der Waals surface area contributed by atoms with Gasteiger partial charge in [0.05, 0.1) is 25.1 Å². The number of hydrogen-bond acceptors (Lipinski definition) is 8. The van der Waals surface area contributed by atoms with Gasteiger partial charge in [0, 0.05) is 31.8 Å². The molecule has 1 N–H and O–H groups in total. The van der Waals surface area contributed by atoms with Crippen LogP contribution in [0.1, 0.15) is 7.43 Å². The molecule has 1 amide bonds. The van der Waals surface area contributed by atoms with Crippen molar-refractivity contribution in [2.75, 3.05) is 55.4 Å². The molecule has 158 valence electrons. The summed E-state index contributed by atoms with van der Waals surface area (Å²) in [7, 11) is -3.70. The Bertz CT molecular complexity index is 792. The predicted molar refractivity (Wildman–Crippen MR) is 97.7 cm³/mol. The van der Waals surface area contributed by atoms with E-state index in [1.165, 1.54) is 4.90 Å². The fraction of sp³-hybridized carbons (Fsp3) is 0.562. The lowest BCUT2D eigenvalue weighted by molar-refractivity contribution is 0.0589. The molecule has 0 aliphatic carbocycles. The Balaban J connectivity index is 0.00000280. The lowest BCUT2D eigenvalue weighted by Crippen LogP contribution is -2.31. The number of amides is 1. The van der Waals surface area contributed by atoms with Gasteiger partial charge in [0.15, 0.2) is 11.6 Å². The molecule has 0 bridgehead atoms. The topological polar surface area (TPSA) is 97.4 Å². The molecule has 2 heterocycles. The van der Waals surface area contributed by atoms with Crippen molar-refractivity contribution in [3.63, 3.8) is 0 Å². The summed E-state index contributed by atoms with van der Waals surface area (Å²) in [6.07, 6.45) is -0.836. The van der Waals surface area contributed by atoms with Crippen LogP contribution in [0, 0.1) is 11.6 Å². The maximum Gasteiger partial charge on any atom is 0.414 e. The minimum Gasteiger partial charge on any atom is -0.441 e. The van der Waals surface area contributed by atoms with Crippen molar-refractivity contribution in [1.82, 2.24) is 5.48 Å². The standard InChI is InChI=1S/C15H19F2N3O6S.CH4/c1-27(22,23)25-9-11-8-20(15(21)26-11)10-6-12(16)14(13(17)7-10)19-3-2-18-24-5-4-19;/h6-7,11,18H,2-5,8-9H2,1H3;1H4/t11-;/m1./s1. The zero-order valence-corrected chi connectivity index (χ0v) is 15.3. The van der Waals surface area contributed by atoms with Crippen LogP contribution in [0.25, 0.3) is 0 Å². The van der Waals surface area contributed by atoms with Crippen molar-refractivity contribution in [3.05, 3.63) is 23.8 Å². The smallest absolute Gasteiger partial charge is 0.414 e. The van der Waals surface area contributed by atoms with E-state index in [-0.39, 0.29) is 38.6 Å². The Morgan fingerprint density at radius 2 is 1.96 bits per heavy atom. The number of ether oxygens (including phenoxy) is 1. The molecule has 1 aromatic carbocycles. The van der Waals surface area contributed by atoms with Crippen LogP contribution in [0.15, 0.2) is 12.1 Å². The second-order valence-electron chi connectivity index (χ2n) is 6.09. The van der Waals surface area contributed by atoms with Crippen LogP contribution in [-0.2, 0) is 23.9 Å². The van der Waals surface area contributed by atoms with Gasteiger partial charge in [-0.2, -0.15) is 8.42 Å². The van der Waals surface area contributed by atoms with E-state index >= 15 is 0 Å². The van der Waals surface area contributed by atoms with Crippen molar-refractivity contribution in [1.29, 1.82) is 0 Å². The Hall–Kier alpha value is -2.02. The van der Waals surface area contributed by atoms with Crippen molar-refractivity contribution >= 4 is 27.6 Å². The fourth-order valence-electron chi connectivity index (χ4n) is 2.84. The summed E-state index contributed by atoms with van der Waals surface area (Å²) in [6.45, 7) is 0.863. The van der Waals surface area contributed by atoms with Gasteiger partial charge in [-0.25, -0.2) is 19.1 Å². The predicted octanol–water partition coefficient (Wildman–Crippen LogP) is 1.24. The first-order valence-electron chi connectivity index (χ1n) is 8.16. The number of hydroxylamine groups is 1. The molecule has 2 aliphatic heterocycles. The zero-order chi connectivity index (χ0) is 19.6. The van der Waals surface area contributed by atoms with Gasteiger partial charge in [0.2, 0.25) is 0 Å². The number of benzene rings is 1. The molecule has 9 nitrogen and oxygen atoms in total. The molecule has 1 atom stereocenters. The first-order chi connectivity index (χ1) is 12.7. The molecular weight excluding hydrogens is 400 g/mol. The Morgan fingerprint density at radius 3 is 2.61 bits per heavy atom. The summed E-state index contributed by atoms with van der Waals surface area (Å²) in [6, 6.07) is 2.08. The van der Waals surface area contributed by atoms with E-state index in [4.69, 9.17) is 9.57 Å². The first-order valence-corrected chi connectivity index (χ1v) is 9.97. The van der Waals surface area contributed by atoms with Crippen molar-refractivity contribution < 1.29 is 35.8 Å². The summed E-state index contributed by atoms with van der Waals surface area (Å²) >= 11 is 0. The molecular formula is C16H23F2N3O6S. The molecule has 1 aromatic rings. The highest BCUT2D eigenvalue weighted by Crippen LogP contribution is 2.31. The summed E-state index contributed by atoms with van der Waals surface area (Å²) in [5.41, 5.74) is 2.44. The molecule has 2 fully saturated rings. The number of nitrogens with zero attached hydrogens (tertiary/aromatic N) is 2. The zero-order valence-electron chi connectivity index (χ0n) is 14.5. The number of cyclic esters (lactones) is 1. The SMILES string of the molecule is C.CS(=O)(=O)OC[C@H]1CN(c2cc(F)c(N3CCNOCC3)c(F)c2)C(=O)O1. The summed E-state index contributed by atoms with van der Waals surface area (Å²) in [5, 5.41) is 0. The highest BCUT2D eigenvalue weighted by molar-refractivity contribution is 7.85.